The summed E-state index contributed by atoms with van der Waals surface area (Å²) < 4.78 is 11.8. The number of carbonyl (C=O) groups excluding carboxylic acids is 1. The van der Waals surface area contributed by atoms with Gasteiger partial charge < -0.3 is 19.2 Å². The standard InChI is InChI=1S/C25H27NO4/c1-4-10-26(11-5-2)15-19-20(27)12-16(3)23-24(28)22(30-25(19)23)14-18-13-17-8-6-7-9-21(17)29-18/h6-9,12-14,27H,4-5,10-11,15H2,1-3H3. The van der Waals surface area contributed by atoms with Gasteiger partial charge in [-0.15, -0.1) is 0 Å². The summed E-state index contributed by atoms with van der Waals surface area (Å²) in [4.78, 5) is 14.4. The lowest BCUT2D eigenvalue weighted by Gasteiger charge is -2.23. The number of fused-ring (bicyclic) bond motifs is 2. The Bertz CT molecular complexity index is 1090. The fourth-order valence-corrected chi connectivity index (χ4v) is 4.20. The van der Waals surface area contributed by atoms with E-state index in [2.05, 4.69) is 13.8 Å². The van der Waals surface area contributed by atoms with Crippen LogP contribution in [0.5, 0.6) is 11.5 Å². The third kappa shape index (κ3) is 3.73. The van der Waals surface area contributed by atoms with Gasteiger partial charge in [0.1, 0.15) is 23.6 Å². The zero-order chi connectivity index (χ0) is 21.3. The Hall–Kier alpha value is -3.05. The Morgan fingerprint density at radius 1 is 1.10 bits per heavy atom. The van der Waals surface area contributed by atoms with Crippen molar-refractivity contribution >= 4 is 22.8 Å². The Morgan fingerprint density at radius 2 is 1.83 bits per heavy atom. The van der Waals surface area contributed by atoms with E-state index >= 15 is 0 Å². The summed E-state index contributed by atoms with van der Waals surface area (Å²) in [6, 6.07) is 11.1. The van der Waals surface area contributed by atoms with Crippen LogP contribution < -0.4 is 14.7 Å². The van der Waals surface area contributed by atoms with Crippen molar-refractivity contribution in [3.63, 3.8) is 0 Å². The van der Waals surface area contributed by atoms with Gasteiger partial charge >= 0.3 is 0 Å². The smallest absolute Gasteiger partial charge is 0.232 e. The minimum absolute atomic E-state index is 0.0613. The van der Waals surface area contributed by atoms with E-state index in [0.29, 0.717) is 34.7 Å². The molecule has 5 nitrogen and oxygen atoms in total. The first-order valence-corrected chi connectivity index (χ1v) is 10.6. The molecule has 30 heavy (non-hydrogen) atoms. The van der Waals surface area contributed by atoms with Crippen LogP contribution in [0.3, 0.4) is 0 Å². The number of furan rings is 1. The number of ether oxygens (including phenoxy) is 1. The highest BCUT2D eigenvalue weighted by Crippen LogP contribution is 2.40. The van der Waals surface area contributed by atoms with Crippen LogP contribution in [0.15, 0.2) is 46.6 Å². The minimum Gasteiger partial charge on any atom is -0.872 e. The van der Waals surface area contributed by atoms with Crippen molar-refractivity contribution in [2.24, 2.45) is 0 Å². The second kappa shape index (κ2) is 8.36. The van der Waals surface area contributed by atoms with E-state index in [1.165, 1.54) is 4.90 Å². The fourth-order valence-electron chi connectivity index (χ4n) is 4.20. The quantitative estimate of drug-likeness (QED) is 0.610. The minimum atomic E-state index is -0.197. The van der Waals surface area contributed by atoms with Crippen molar-refractivity contribution in [3.05, 3.63) is 64.6 Å². The first-order chi connectivity index (χ1) is 14.5. The number of carbonyl (C=O) groups is 1. The van der Waals surface area contributed by atoms with Gasteiger partial charge in [-0.2, -0.15) is 0 Å². The molecule has 0 saturated heterocycles. The van der Waals surface area contributed by atoms with Gasteiger partial charge in [-0.25, -0.2) is 0 Å². The summed E-state index contributed by atoms with van der Waals surface area (Å²) in [5.41, 5.74) is 2.50. The van der Waals surface area contributed by atoms with E-state index in [-0.39, 0.29) is 17.3 Å². The van der Waals surface area contributed by atoms with Crippen LogP contribution in [-0.4, -0.2) is 18.9 Å². The molecule has 0 amide bonds. The lowest BCUT2D eigenvalue weighted by molar-refractivity contribution is -0.914. The monoisotopic (exact) mass is 405 g/mol. The Balaban J connectivity index is 1.71. The van der Waals surface area contributed by atoms with E-state index in [1.54, 1.807) is 19.1 Å². The number of quaternary nitrogens is 1. The number of benzene rings is 2. The number of ketones is 1. The first kappa shape index (κ1) is 20.2. The zero-order valence-corrected chi connectivity index (χ0v) is 17.7. The number of rotatable bonds is 7. The highest BCUT2D eigenvalue weighted by atomic mass is 16.5. The molecule has 0 fully saturated rings. The van der Waals surface area contributed by atoms with Crippen molar-refractivity contribution in [2.45, 2.75) is 40.2 Å². The van der Waals surface area contributed by atoms with Crippen LogP contribution in [0.25, 0.3) is 17.0 Å². The van der Waals surface area contributed by atoms with Crippen molar-refractivity contribution in [3.8, 4) is 11.5 Å². The predicted octanol–water partition coefficient (Wildman–Crippen LogP) is 3.64. The van der Waals surface area contributed by atoms with E-state index in [1.807, 2.05) is 30.3 Å². The highest BCUT2D eigenvalue weighted by molar-refractivity contribution is 6.15. The number of hydrogen-bond donors (Lipinski definition) is 1. The molecule has 1 N–H and O–H groups in total. The molecule has 1 aliphatic rings. The average molecular weight is 405 g/mol. The number of aryl methyl sites for hydroxylation is 1. The predicted molar refractivity (Wildman–Crippen MR) is 115 cm³/mol. The van der Waals surface area contributed by atoms with Crippen molar-refractivity contribution < 1.29 is 24.0 Å². The summed E-state index contributed by atoms with van der Waals surface area (Å²) in [6.07, 6.45) is 3.70. The van der Waals surface area contributed by atoms with E-state index in [9.17, 15) is 9.90 Å². The summed E-state index contributed by atoms with van der Waals surface area (Å²) in [5, 5.41) is 13.8. The number of nitrogens with one attached hydrogen (secondary N) is 1. The molecule has 5 heteroatoms. The lowest BCUT2D eigenvalue weighted by Crippen LogP contribution is -3.10. The van der Waals surface area contributed by atoms with Crippen molar-refractivity contribution in [2.75, 3.05) is 13.1 Å². The Morgan fingerprint density at radius 3 is 2.53 bits per heavy atom. The summed E-state index contributed by atoms with van der Waals surface area (Å²) in [5.74, 6) is 0.923. The topological polar surface area (TPSA) is 66.9 Å². The number of hydrogen-bond acceptors (Lipinski definition) is 4. The fraction of sp³-hybridized carbons (Fsp3) is 0.320. The van der Waals surface area contributed by atoms with Crippen LogP contribution in [0.4, 0.5) is 0 Å². The van der Waals surface area contributed by atoms with E-state index in [4.69, 9.17) is 9.15 Å². The van der Waals surface area contributed by atoms with Gasteiger partial charge in [-0.05, 0) is 37.5 Å². The van der Waals surface area contributed by atoms with Crippen LogP contribution >= 0.6 is 0 Å². The Labute approximate surface area is 176 Å². The molecule has 2 heterocycles. The molecule has 4 rings (SSSR count). The number of allylic oxidation sites excluding steroid dienone is 1. The molecule has 0 atom stereocenters. The van der Waals surface area contributed by atoms with Crippen molar-refractivity contribution in [1.29, 1.82) is 0 Å². The second-order valence-corrected chi connectivity index (χ2v) is 7.93. The molecule has 0 bridgehead atoms. The van der Waals surface area contributed by atoms with Gasteiger partial charge in [0.25, 0.3) is 0 Å². The van der Waals surface area contributed by atoms with Gasteiger partial charge in [0.15, 0.2) is 5.76 Å². The average Bonchev–Trinajstić information content (AvgIpc) is 3.26. The van der Waals surface area contributed by atoms with Gasteiger partial charge in [0.2, 0.25) is 5.78 Å². The van der Waals surface area contributed by atoms with Gasteiger partial charge in [0.05, 0.1) is 18.7 Å². The zero-order valence-electron chi connectivity index (χ0n) is 17.7. The Kier molecular flexibility index (Phi) is 5.64. The molecule has 1 aromatic heterocycles. The SMILES string of the molecule is CCC[NH+](CCC)Cc1c([O-])cc(C)c2c1OC(=Cc1cc3ccccc3o1)C2=O. The van der Waals surface area contributed by atoms with Crippen LogP contribution in [-0.2, 0) is 6.54 Å². The molecule has 0 radical (unpaired) electrons. The normalized spacial score (nSPS) is 14.7. The molecular formula is C25H27NO4. The number of Topliss-reactive ketones (excluding diaryl/α,β-unsaturated/α-hetero) is 1. The van der Waals surface area contributed by atoms with Crippen LogP contribution in [0, 0.1) is 6.92 Å². The van der Waals surface area contributed by atoms with E-state index < -0.39 is 0 Å². The maximum absolute atomic E-state index is 13.1. The van der Waals surface area contributed by atoms with Gasteiger partial charge in [-0.3, -0.25) is 4.79 Å². The highest BCUT2D eigenvalue weighted by Gasteiger charge is 2.33. The maximum atomic E-state index is 13.1. The lowest BCUT2D eigenvalue weighted by atomic mass is 9.99. The molecule has 0 spiro atoms. The van der Waals surface area contributed by atoms with Crippen molar-refractivity contribution in [1.82, 2.24) is 0 Å². The first-order valence-electron chi connectivity index (χ1n) is 10.6. The largest absolute Gasteiger partial charge is 0.872 e. The molecule has 1 aliphatic heterocycles. The molecule has 156 valence electrons. The molecule has 0 saturated carbocycles. The second-order valence-electron chi connectivity index (χ2n) is 7.93. The molecule has 2 aromatic carbocycles. The molecular weight excluding hydrogens is 378 g/mol. The molecule has 0 unspecified atom stereocenters. The van der Waals surface area contributed by atoms with Crippen LogP contribution in [0.1, 0.15) is 53.9 Å². The van der Waals surface area contributed by atoms with Crippen LogP contribution in [0.2, 0.25) is 0 Å². The van der Waals surface area contributed by atoms with Gasteiger partial charge in [0, 0.05) is 17.0 Å². The third-order valence-corrected chi connectivity index (χ3v) is 5.56. The molecule has 0 aliphatic carbocycles. The summed E-state index contributed by atoms with van der Waals surface area (Å²) >= 11 is 0. The summed E-state index contributed by atoms with van der Waals surface area (Å²) in [7, 11) is 0. The van der Waals surface area contributed by atoms with Gasteiger partial charge in [-0.1, -0.05) is 43.9 Å². The summed E-state index contributed by atoms with van der Waals surface area (Å²) in [6.45, 7) is 8.59. The third-order valence-electron chi connectivity index (χ3n) is 5.56. The van der Waals surface area contributed by atoms with E-state index in [0.717, 1.165) is 36.9 Å². The maximum Gasteiger partial charge on any atom is 0.232 e. The molecule has 3 aromatic rings. The number of para-hydroxylation sites is 1.